The number of carbonyl (C=O) groups excluding carboxylic acids is 1. The van der Waals surface area contributed by atoms with E-state index in [2.05, 4.69) is 17.5 Å². The Kier molecular flexibility index (Phi) is 4.55. The zero-order valence-electron chi connectivity index (χ0n) is 12.1. The third-order valence-corrected chi connectivity index (χ3v) is 3.38. The van der Waals surface area contributed by atoms with Crippen LogP contribution in [-0.4, -0.2) is 34.7 Å². The second kappa shape index (κ2) is 6.02. The van der Waals surface area contributed by atoms with Crippen LogP contribution < -0.4 is 5.32 Å². The number of hydrogen-bond donors (Lipinski definition) is 1. The number of amides is 1. The SMILES string of the molecule is CC(C)(C)OC(=O)N1C=C(C2CC=CCN2)C=CC1Cl. The summed E-state index contributed by atoms with van der Waals surface area (Å²) in [5.41, 5.74) is -0.000791. The van der Waals surface area contributed by atoms with E-state index >= 15 is 0 Å². The van der Waals surface area contributed by atoms with Crippen LogP contribution >= 0.6 is 11.6 Å². The van der Waals surface area contributed by atoms with Gasteiger partial charge in [-0.05, 0) is 38.8 Å². The van der Waals surface area contributed by atoms with E-state index in [0.717, 1.165) is 18.5 Å². The summed E-state index contributed by atoms with van der Waals surface area (Å²) in [4.78, 5) is 13.6. The molecule has 1 N–H and O–H groups in total. The topological polar surface area (TPSA) is 41.6 Å². The highest BCUT2D eigenvalue weighted by atomic mass is 35.5. The lowest BCUT2D eigenvalue weighted by atomic mass is 10.00. The number of nitrogens with one attached hydrogen (secondary N) is 1. The molecule has 20 heavy (non-hydrogen) atoms. The van der Waals surface area contributed by atoms with Crippen molar-refractivity contribution in [3.8, 4) is 0 Å². The Morgan fingerprint density at radius 2 is 2.20 bits per heavy atom. The largest absolute Gasteiger partial charge is 0.443 e. The van der Waals surface area contributed by atoms with Gasteiger partial charge in [0.2, 0.25) is 0 Å². The zero-order valence-corrected chi connectivity index (χ0v) is 12.9. The molecule has 0 saturated heterocycles. The lowest BCUT2D eigenvalue weighted by Gasteiger charge is -2.31. The van der Waals surface area contributed by atoms with E-state index in [4.69, 9.17) is 16.3 Å². The number of rotatable bonds is 1. The number of carbonyl (C=O) groups is 1. The number of ether oxygens (including phenoxy) is 1. The highest BCUT2D eigenvalue weighted by Crippen LogP contribution is 2.23. The van der Waals surface area contributed by atoms with E-state index in [1.54, 1.807) is 12.3 Å². The molecular formula is C15H21ClN2O2. The third kappa shape index (κ3) is 3.87. The van der Waals surface area contributed by atoms with Crippen LogP contribution in [0.25, 0.3) is 0 Å². The summed E-state index contributed by atoms with van der Waals surface area (Å²) >= 11 is 6.17. The van der Waals surface area contributed by atoms with Crippen LogP contribution in [0.15, 0.2) is 36.1 Å². The van der Waals surface area contributed by atoms with Crippen molar-refractivity contribution >= 4 is 17.7 Å². The molecule has 1 amide bonds. The summed E-state index contributed by atoms with van der Waals surface area (Å²) in [5.74, 6) is 0. The van der Waals surface area contributed by atoms with Crippen molar-refractivity contribution in [3.63, 3.8) is 0 Å². The van der Waals surface area contributed by atoms with Gasteiger partial charge >= 0.3 is 6.09 Å². The maximum absolute atomic E-state index is 12.2. The molecule has 0 aromatic carbocycles. The first kappa shape index (κ1) is 15.1. The van der Waals surface area contributed by atoms with Crippen molar-refractivity contribution in [2.24, 2.45) is 0 Å². The smallest absolute Gasteiger partial charge is 0.415 e. The fraction of sp³-hybridized carbons (Fsp3) is 0.533. The second-order valence-corrected chi connectivity index (χ2v) is 6.36. The number of nitrogens with zero attached hydrogens (tertiary/aromatic N) is 1. The van der Waals surface area contributed by atoms with E-state index in [-0.39, 0.29) is 6.04 Å². The summed E-state index contributed by atoms with van der Waals surface area (Å²) in [6.07, 6.45) is 10.3. The van der Waals surface area contributed by atoms with Crippen molar-refractivity contribution in [1.82, 2.24) is 10.2 Å². The van der Waals surface area contributed by atoms with Crippen molar-refractivity contribution < 1.29 is 9.53 Å². The maximum Gasteiger partial charge on any atom is 0.415 e. The van der Waals surface area contributed by atoms with Crippen LogP contribution in [-0.2, 0) is 4.74 Å². The van der Waals surface area contributed by atoms with Crippen molar-refractivity contribution in [2.45, 2.75) is 44.3 Å². The molecule has 0 aromatic heterocycles. The number of alkyl halides is 1. The molecule has 5 heteroatoms. The zero-order chi connectivity index (χ0) is 14.8. The Bertz CT molecular complexity index is 463. The standard InChI is InChI=1S/C15H21ClN2O2/c1-15(2,3)20-14(19)18-10-11(7-8-13(18)16)12-6-4-5-9-17-12/h4-5,7-8,10,12-13,17H,6,9H2,1-3H3. The predicted octanol–water partition coefficient (Wildman–Crippen LogP) is 3.16. The normalized spacial score (nSPS) is 26.4. The monoisotopic (exact) mass is 296 g/mol. The van der Waals surface area contributed by atoms with Gasteiger partial charge in [0, 0.05) is 18.8 Å². The fourth-order valence-electron chi connectivity index (χ4n) is 2.10. The molecule has 2 rings (SSSR count). The molecule has 2 aliphatic heterocycles. The Balaban J connectivity index is 2.11. The van der Waals surface area contributed by atoms with Gasteiger partial charge in [0.1, 0.15) is 11.1 Å². The summed E-state index contributed by atoms with van der Waals surface area (Å²) < 4.78 is 5.37. The van der Waals surface area contributed by atoms with E-state index in [1.807, 2.05) is 26.8 Å². The minimum absolute atomic E-state index is 0.213. The van der Waals surface area contributed by atoms with Gasteiger partial charge in [-0.3, -0.25) is 4.90 Å². The molecule has 0 radical (unpaired) electrons. The molecule has 0 bridgehead atoms. The molecule has 0 aromatic rings. The first-order chi connectivity index (χ1) is 9.37. The second-order valence-electron chi connectivity index (χ2n) is 5.92. The molecule has 0 aliphatic carbocycles. The molecule has 2 aliphatic rings. The lowest BCUT2D eigenvalue weighted by Crippen LogP contribution is -2.40. The molecule has 0 saturated carbocycles. The van der Waals surface area contributed by atoms with Crippen LogP contribution in [0.4, 0.5) is 4.79 Å². The average Bonchev–Trinajstić information content (AvgIpc) is 2.38. The molecule has 0 spiro atoms. The Hall–Kier alpha value is -1.26. The van der Waals surface area contributed by atoms with Gasteiger partial charge in [-0.15, -0.1) is 0 Å². The average molecular weight is 297 g/mol. The summed E-state index contributed by atoms with van der Waals surface area (Å²) in [6, 6.07) is 0.213. The molecular weight excluding hydrogens is 276 g/mol. The van der Waals surface area contributed by atoms with Crippen LogP contribution in [0.2, 0.25) is 0 Å². The first-order valence-electron chi connectivity index (χ1n) is 6.80. The van der Waals surface area contributed by atoms with E-state index < -0.39 is 17.2 Å². The van der Waals surface area contributed by atoms with Gasteiger partial charge < -0.3 is 10.1 Å². The Morgan fingerprint density at radius 3 is 2.80 bits per heavy atom. The van der Waals surface area contributed by atoms with Gasteiger partial charge in [0.25, 0.3) is 0 Å². The lowest BCUT2D eigenvalue weighted by molar-refractivity contribution is 0.0330. The van der Waals surface area contributed by atoms with Gasteiger partial charge in [-0.1, -0.05) is 29.8 Å². The third-order valence-electron chi connectivity index (χ3n) is 3.03. The van der Waals surface area contributed by atoms with E-state index in [0.29, 0.717) is 0 Å². The quantitative estimate of drug-likeness (QED) is 0.459. The van der Waals surface area contributed by atoms with Gasteiger partial charge in [0.05, 0.1) is 0 Å². The van der Waals surface area contributed by atoms with Gasteiger partial charge in [-0.2, -0.15) is 0 Å². The van der Waals surface area contributed by atoms with Crippen molar-refractivity contribution in [3.05, 3.63) is 36.1 Å². The minimum Gasteiger partial charge on any atom is -0.443 e. The molecule has 2 atom stereocenters. The van der Waals surface area contributed by atoms with Crippen molar-refractivity contribution in [1.29, 1.82) is 0 Å². The van der Waals surface area contributed by atoms with Crippen LogP contribution in [0.1, 0.15) is 27.2 Å². The van der Waals surface area contributed by atoms with E-state index in [1.165, 1.54) is 4.90 Å². The van der Waals surface area contributed by atoms with Crippen LogP contribution in [0.5, 0.6) is 0 Å². The molecule has 110 valence electrons. The highest BCUT2D eigenvalue weighted by molar-refractivity contribution is 6.22. The van der Waals surface area contributed by atoms with Gasteiger partial charge in [0.15, 0.2) is 0 Å². The first-order valence-corrected chi connectivity index (χ1v) is 7.24. The number of hydrogen-bond acceptors (Lipinski definition) is 3. The van der Waals surface area contributed by atoms with E-state index in [9.17, 15) is 4.79 Å². The summed E-state index contributed by atoms with van der Waals surface area (Å²) in [6.45, 7) is 6.36. The molecule has 0 fully saturated rings. The van der Waals surface area contributed by atoms with Crippen molar-refractivity contribution in [2.75, 3.05) is 6.54 Å². The maximum atomic E-state index is 12.2. The summed E-state index contributed by atoms with van der Waals surface area (Å²) in [5, 5.41) is 3.38. The molecule has 2 unspecified atom stereocenters. The molecule has 4 nitrogen and oxygen atoms in total. The summed E-state index contributed by atoms with van der Waals surface area (Å²) in [7, 11) is 0. The molecule has 2 heterocycles. The number of halogens is 1. The Labute approximate surface area is 125 Å². The highest BCUT2D eigenvalue weighted by Gasteiger charge is 2.28. The Morgan fingerprint density at radius 1 is 1.45 bits per heavy atom. The minimum atomic E-state index is -0.533. The van der Waals surface area contributed by atoms with Gasteiger partial charge in [-0.25, -0.2) is 4.79 Å². The van der Waals surface area contributed by atoms with Crippen LogP contribution in [0, 0.1) is 0 Å². The predicted molar refractivity (Wildman–Crippen MR) is 80.5 cm³/mol. The fourth-order valence-corrected chi connectivity index (χ4v) is 2.30. The van der Waals surface area contributed by atoms with Crippen LogP contribution in [0.3, 0.4) is 0 Å².